The van der Waals surface area contributed by atoms with Gasteiger partial charge < -0.3 is 10.1 Å². The van der Waals surface area contributed by atoms with Gasteiger partial charge in [0.2, 0.25) is 0 Å². The van der Waals surface area contributed by atoms with Crippen molar-refractivity contribution in [1.29, 1.82) is 0 Å². The third kappa shape index (κ3) is 4.84. The van der Waals surface area contributed by atoms with Gasteiger partial charge in [0.1, 0.15) is 0 Å². The van der Waals surface area contributed by atoms with Crippen LogP contribution in [-0.2, 0) is 9.53 Å². The van der Waals surface area contributed by atoms with Crippen molar-refractivity contribution in [3.8, 4) is 11.1 Å². The molecular formula is C22H18N2O5. The van der Waals surface area contributed by atoms with Crippen molar-refractivity contribution in [1.82, 2.24) is 0 Å². The van der Waals surface area contributed by atoms with Gasteiger partial charge in [-0.1, -0.05) is 54.6 Å². The third-order valence-corrected chi connectivity index (χ3v) is 4.22. The number of benzene rings is 3. The molecule has 0 aliphatic rings. The Morgan fingerprint density at radius 3 is 2.38 bits per heavy atom. The molecule has 29 heavy (non-hydrogen) atoms. The van der Waals surface area contributed by atoms with E-state index in [1.54, 1.807) is 12.1 Å². The van der Waals surface area contributed by atoms with Crippen molar-refractivity contribution in [2.75, 3.05) is 5.32 Å². The molecule has 0 radical (unpaired) electrons. The number of carbonyl (C=O) groups is 2. The Kier molecular flexibility index (Phi) is 5.99. The highest BCUT2D eigenvalue weighted by molar-refractivity contribution is 6.00. The first-order chi connectivity index (χ1) is 14.0. The first-order valence-corrected chi connectivity index (χ1v) is 8.86. The maximum atomic E-state index is 12.5. The van der Waals surface area contributed by atoms with E-state index in [0.29, 0.717) is 5.69 Å². The number of anilines is 1. The number of hydrogen-bond donors (Lipinski definition) is 1. The van der Waals surface area contributed by atoms with E-state index in [1.165, 1.54) is 25.1 Å². The van der Waals surface area contributed by atoms with E-state index in [1.807, 2.05) is 42.5 Å². The number of non-ortho nitro benzene ring substituents is 1. The molecule has 0 fully saturated rings. The van der Waals surface area contributed by atoms with Crippen molar-refractivity contribution in [2.24, 2.45) is 0 Å². The van der Waals surface area contributed by atoms with Crippen LogP contribution in [0.15, 0.2) is 78.9 Å². The Hall–Kier alpha value is -4.00. The monoisotopic (exact) mass is 390 g/mol. The Labute approximate surface area is 167 Å². The second kappa shape index (κ2) is 8.79. The number of nitrogens with one attached hydrogen (secondary N) is 1. The van der Waals surface area contributed by atoms with Crippen LogP contribution in [0.5, 0.6) is 0 Å². The van der Waals surface area contributed by atoms with Crippen LogP contribution in [0, 0.1) is 10.1 Å². The van der Waals surface area contributed by atoms with Crippen LogP contribution in [0.25, 0.3) is 11.1 Å². The fraction of sp³-hybridized carbons (Fsp3) is 0.0909. The average Bonchev–Trinajstić information content (AvgIpc) is 2.74. The van der Waals surface area contributed by atoms with Crippen molar-refractivity contribution in [2.45, 2.75) is 13.0 Å². The summed E-state index contributed by atoms with van der Waals surface area (Å²) in [5.41, 5.74) is 2.13. The van der Waals surface area contributed by atoms with E-state index in [9.17, 15) is 19.7 Å². The Balaban J connectivity index is 1.71. The minimum absolute atomic E-state index is 0.00327. The fourth-order valence-corrected chi connectivity index (χ4v) is 2.72. The van der Waals surface area contributed by atoms with Crippen molar-refractivity contribution in [3.63, 3.8) is 0 Å². The summed E-state index contributed by atoms with van der Waals surface area (Å²) in [7, 11) is 0. The summed E-state index contributed by atoms with van der Waals surface area (Å²) in [6.07, 6.45) is -1.09. The van der Waals surface area contributed by atoms with Crippen molar-refractivity contribution >= 4 is 23.3 Å². The number of esters is 1. The molecule has 1 amide bonds. The van der Waals surface area contributed by atoms with Crippen LogP contribution >= 0.6 is 0 Å². The molecule has 0 saturated carbocycles. The van der Waals surface area contributed by atoms with Gasteiger partial charge in [0.25, 0.3) is 11.6 Å². The summed E-state index contributed by atoms with van der Waals surface area (Å²) in [6, 6.07) is 22.0. The number of rotatable bonds is 6. The molecule has 3 aromatic carbocycles. The topological polar surface area (TPSA) is 98.5 Å². The van der Waals surface area contributed by atoms with Gasteiger partial charge in [-0.05, 0) is 24.6 Å². The molecule has 0 bridgehead atoms. The summed E-state index contributed by atoms with van der Waals surface area (Å²) < 4.78 is 5.18. The second-order valence-electron chi connectivity index (χ2n) is 6.26. The highest BCUT2D eigenvalue weighted by Crippen LogP contribution is 2.27. The average molecular weight is 390 g/mol. The normalized spacial score (nSPS) is 11.3. The van der Waals surface area contributed by atoms with Crippen LogP contribution < -0.4 is 5.32 Å². The highest BCUT2D eigenvalue weighted by Gasteiger charge is 2.21. The lowest BCUT2D eigenvalue weighted by molar-refractivity contribution is -0.384. The van der Waals surface area contributed by atoms with Crippen LogP contribution in [-0.4, -0.2) is 22.9 Å². The van der Waals surface area contributed by atoms with E-state index in [4.69, 9.17) is 4.74 Å². The molecule has 1 atom stereocenters. The lowest BCUT2D eigenvalue weighted by Gasteiger charge is -2.16. The van der Waals surface area contributed by atoms with Gasteiger partial charge in [-0.25, -0.2) is 4.79 Å². The van der Waals surface area contributed by atoms with Crippen molar-refractivity contribution < 1.29 is 19.2 Å². The van der Waals surface area contributed by atoms with Gasteiger partial charge in [0.05, 0.1) is 10.5 Å². The van der Waals surface area contributed by atoms with Crippen molar-refractivity contribution in [3.05, 3.63) is 94.5 Å². The largest absolute Gasteiger partial charge is 0.449 e. The Morgan fingerprint density at radius 1 is 0.966 bits per heavy atom. The number of nitrogens with zero attached hydrogens (tertiary/aromatic N) is 1. The number of ether oxygens (including phenoxy) is 1. The number of amides is 1. The number of nitro benzene ring substituents is 1. The SMILES string of the molecule is CC(OC(=O)c1cccc([N+](=O)[O-])c1)C(=O)Nc1ccccc1-c1ccccc1. The van der Waals surface area contributed by atoms with Crippen LogP contribution in [0.1, 0.15) is 17.3 Å². The van der Waals surface area contributed by atoms with Crippen LogP contribution in [0.4, 0.5) is 11.4 Å². The molecule has 0 aliphatic carbocycles. The molecule has 1 unspecified atom stereocenters. The smallest absolute Gasteiger partial charge is 0.339 e. The molecule has 3 aromatic rings. The molecule has 0 heterocycles. The Morgan fingerprint density at radius 2 is 1.66 bits per heavy atom. The zero-order valence-electron chi connectivity index (χ0n) is 15.6. The minimum atomic E-state index is -1.09. The zero-order chi connectivity index (χ0) is 20.8. The summed E-state index contributed by atoms with van der Waals surface area (Å²) in [4.78, 5) is 35.0. The van der Waals surface area contributed by atoms with E-state index < -0.39 is 22.9 Å². The first-order valence-electron chi connectivity index (χ1n) is 8.86. The summed E-state index contributed by atoms with van der Waals surface area (Å²) >= 11 is 0. The van der Waals surface area contributed by atoms with E-state index in [0.717, 1.165) is 17.2 Å². The van der Waals surface area contributed by atoms with E-state index in [2.05, 4.69) is 5.32 Å². The Bertz CT molecular complexity index is 1050. The molecule has 0 saturated heterocycles. The molecule has 7 nitrogen and oxygen atoms in total. The number of para-hydroxylation sites is 1. The zero-order valence-corrected chi connectivity index (χ0v) is 15.6. The molecule has 7 heteroatoms. The molecular weight excluding hydrogens is 372 g/mol. The number of hydrogen-bond acceptors (Lipinski definition) is 5. The predicted molar refractivity (Wildman–Crippen MR) is 108 cm³/mol. The van der Waals surface area contributed by atoms with Gasteiger partial charge >= 0.3 is 5.97 Å². The van der Waals surface area contributed by atoms with Gasteiger partial charge in [-0.2, -0.15) is 0 Å². The quantitative estimate of drug-likeness (QED) is 0.381. The number of carbonyl (C=O) groups excluding carboxylic acids is 2. The lowest BCUT2D eigenvalue weighted by Crippen LogP contribution is -2.30. The summed E-state index contributed by atoms with van der Waals surface area (Å²) in [5, 5.41) is 13.6. The third-order valence-electron chi connectivity index (χ3n) is 4.22. The van der Waals surface area contributed by atoms with Crippen LogP contribution in [0.2, 0.25) is 0 Å². The van der Waals surface area contributed by atoms with Gasteiger partial charge in [0.15, 0.2) is 6.10 Å². The molecule has 1 N–H and O–H groups in total. The molecule has 0 spiro atoms. The lowest BCUT2D eigenvalue weighted by atomic mass is 10.0. The number of nitro groups is 1. The highest BCUT2D eigenvalue weighted by atomic mass is 16.6. The van der Waals surface area contributed by atoms with E-state index >= 15 is 0 Å². The van der Waals surface area contributed by atoms with Gasteiger partial charge in [-0.15, -0.1) is 0 Å². The first kappa shape index (κ1) is 19.8. The van der Waals surface area contributed by atoms with Gasteiger partial charge in [-0.3, -0.25) is 14.9 Å². The predicted octanol–water partition coefficient (Wildman–Crippen LogP) is 4.45. The standard InChI is InChI=1S/C22H18N2O5/c1-15(29-22(26)17-10-7-11-18(14-17)24(27)28)21(25)23-20-13-6-5-12-19(20)16-8-3-2-4-9-16/h2-15H,1H3,(H,23,25). The summed E-state index contributed by atoms with van der Waals surface area (Å²) in [6.45, 7) is 1.44. The molecule has 0 aromatic heterocycles. The maximum absolute atomic E-state index is 12.5. The summed E-state index contributed by atoms with van der Waals surface area (Å²) in [5.74, 6) is -1.32. The van der Waals surface area contributed by atoms with E-state index in [-0.39, 0.29) is 11.3 Å². The van der Waals surface area contributed by atoms with Crippen LogP contribution in [0.3, 0.4) is 0 Å². The minimum Gasteiger partial charge on any atom is -0.449 e. The maximum Gasteiger partial charge on any atom is 0.339 e. The van der Waals surface area contributed by atoms with Gasteiger partial charge in [0, 0.05) is 23.4 Å². The molecule has 146 valence electrons. The molecule has 3 rings (SSSR count). The molecule has 0 aliphatic heterocycles. The fourth-order valence-electron chi connectivity index (χ4n) is 2.72. The second-order valence-corrected chi connectivity index (χ2v) is 6.26.